The molecule has 2 heterocycles. The number of carbonyl (C=O) groups is 2. The molecule has 1 aromatic rings. The van der Waals surface area contributed by atoms with Gasteiger partial charge in [0.05, 0.1) is 0 Å². The molecular weight excluding hydrogens is 270 g/mol. The first kappa shape index (κ1) is 15.3. The van der Waals surface area contributed by atoms with Gasteiger partial charge < -0.3 is 15.2 Å². The average Bonchev–Trinajstić information content (AvgIpc) is 2.45. The van der Waals surface area contributed by atoms with Crippen LogP contribution in [0.15, 0.2) is 16.9 Å². The van der Waals surface area contributed by atoms with Crippen molar-refractivity contribution in [2.24, 2.45) is 5.92 Å². The largest absolute Gasteiger partial charge is 0.356 e. The van der Waals surface area contributed by atoms with Crippen LogP contribution in [0.1, 0.15) is 35.8 Å². The molecule has 1 aromatic heterocycles. The lowest BCUT2D eigenvalue weighted by atomic mass is 9.97. The van der Waals surface area contributed by atoms with Crippen molar-refractivity contribution in [2.45, 2.75) is 26.7 Å². The van der Waals surface area contributed by atoms with E-state index < -0.39 is 0 Å². The molecule has 1 aliphatic rings. The summed E-state index contributed by atoms with van der Waals surface area (Å²) in [5.41, 5.74) is 0.573. The number of aromatic nitrogens is 1. The number of aromatic amines is 1. The van der Waals surface area contributed by atoms with Gasteiger partial charge in [0, 0.05) is 32.3 Å². The molecule has 0 spiro atoms. The van der Waals surface area contributed by atoms with Gasteiger partial charge in [-0.15, -0.1) is 0 Å². The highest BCUT2D eigenvalue weighted by Gasteiger charge is 2.25. The molecule has 1 aliphatic heterocycles. The second-order valence-electron chi connectivity index (χ2n) is 5.58. The molecule has 1 saturated heterocycles. The summed E-state index contributed by atoms with van der Waals surface area (Å²) < 4.78 is 0. The average molecular weight is 291 g/mol. The van der Waals surface area contributed by atoms with Crippen molar-refractivity contribution < 1.29 is 9.59 Å². The molecule has 0 bridgehead atoms. The summed E-state index contributed by atoms with van der Waals surface area (Å²) >= 11 is 0. The lowest BCUT2D eigenvalue weighted by Gasteiger charge is -2.32. The van der Waals surface area contributed by atoms with E-state index >= 15 is 0 Å². The molecule has 21 heavy (non-hydrogen) atoms. The number of nitrogens with one attached hydrogen (secondary N) is 2. The summed E-state index contributed by atoms with van der Waals surface area (Å²) in [5, 5.41) is 2.79. The molecule has 2 rings (SSSR count). The number of nitrogens with zero attached hydrogens (tertiary/aromatic N) is 1. The molecule has 114 valence electrons. The maximum Gasteiger partial charge on any atom is 0.260 e. The van der Waals surface area contributed by atoms with Gasteiger partial charge in [0.15, 0.2) is 0 Å². The van der Waals surface area contributed by atoms with Crippen LogP contribution in [0.3, 0.4) is 0 Å². The zero-order chi connectivity index (χ0) is 15.4. The Morgan fingerprint density at radius 2 is 2.19 bits per heavy atom. The van der Waals surface area contributed by atoms with Crippen LogP contribution >= 0.6 is 0 Å². The van der Waals surface area contributed by atoms with E-state index in [2.05, 4.69) is 10.3 Å². The van der Waals surface area contributed by atoms with Gasteiger partial charge in [0.1, 0.15) is 5.56 Å². The number of amides is 2. The Morgan fingerprint density at radius 3 is 2.86 bits per heavy atom. The van der Waals surface area contributed by atoms with E-state index in [1.807, 2.05) is 0 Å². The summed E-state index contributed by atoms with van der Waals surface area (Å²) in [6, 6.07) is 3.31. The molecule has 2 N–H and O–H groups in total. The normalized spacial score (nSPS) is 18.4. The highest BCUT2D eigenvalue weighted by atomic mass is 16.2. The van der Waals surface area contributed by atoms with Gasteiger partial charge in [0.2, 0.25) is 5.91 Å². The van der Waals surface area contributed by atoms with Crippen molar-refractivity contribution in [1.82, 2.24) is 15.2 Å². The Morgan fingerprint density at radius 1 is 1.43 bits per heavy atom. The van der Waals surface area contributed by atoms with Gasteiger partial charge >= 0.3 is 0 Å². The lowest BCUT2D eigenvalue weighted by Crippen LogP contribution is -2.44. The standard InChI is InChI=1S/C15H21N3O3/c1-10-5-6-13(14(20)17-10)15(21)18-7-3-4-12(9-18)8-16-11(2)19/h5-6,12H,3-4,7-9H2,1-2H3,(H,16,19)(H,17,20). The number of piperidine rings is 1. The highest BCUT2D eigenvalue weighted by molar-refractivity contribution is 5.93. The summed E-state index contributed by atoms with van der Waals surface area (Å²) in [5.74, 6) is -0.0478. The third kappa shape index (κ3) is 3.93. The van der Waals surface area contributed by atoms with E-state index in [1.54, 1.807) is 24.0 Å². The van der Waals surface area contributed by atoms with Crippen molar-refractivity contribution in [1.29, 1.82) is 0 Å². The summed E-state index contributed by atoms with van der Waals surface area (Å²) in [6.07, 6.45) is 1.87. The number of likely N-dealkylation sites (tertiary alicyclic amines) is 1. The number of hydrogen-bond acceptors (Lipinski definition) is 3. The molecule has 0 aromatic carbocycles. The number of rotatable bonds is 3. The number of H-pyrrole nitrogens is 1. The van der Waals surface area contributed by atoms with Crippen molar-refractivity contribution in [3.63, 3.8) is 0 Å². The smallest absolute Gasteiger partial charge is 0.260 e. The van der Waals surface area contributed by atoms with E-state index in [1.165, 1.54) is 6.92 Å². The monoisotopic (exact) mass is 291 g/mol. The molecule has 1 fully saturated rings. The van der Waals surface area contributed by atoms with E-state index in [0.29, 0.717) is 19.6 Å². The molecule has 6 heteroatoms. The molecule has 1 unspecified atom stereocenters. The van der Waals surface area contributed by atoms with Crippen molar-refractivity contribution >= 4 is 11.8 Å². The summed E-state index contributed by atoms with van der Waals surface area (Å²) in [7, 11) is 0. The summed E-state index contributed by atoms with van der Waals surface area (Å²) in [4.78, 5) is 39.6. The maximum atomic E-state index is 12.4. The number of aryl methyl sites for hydroxylation is 1. The van der Waals surface area contributed by atoms with Crippen LogP contribution in [0.4, 0.5) is 0 Å². The SMILES string of the molecule is CC(=O)NCC1CCCN(C(=O)c2ccc(C)[nH]c2=O)C1. The van der Waals surface area contributed by atoms with Crippen LogP contribution in [-0.2, 0) is 4.79 Å². The molecule has 6 nitrogen and oxygen atoms in total. The van der Waals surface area contributed by atoms with Crippen LogP contribution in [0.25, 0.3) is 0 Å². The van der Waals surface area contributed by atoms with E-state index in [0.717, 1.165) is 18.5 Å². The fraction of sp³-hybridized carbons (Fsp3) is 0.533. The highest BCUT2D eigenvalue weighted by Crippen LogP contribution is 2.17. The molecule has 0 aliphatic carbocycles. The number of hydrogen-bond donors (Lipinski definition) is 2. The minimum absolute atomic E-state index is 0.0616. The van der Waals surface area contributed by atoms with Crippen molar-refractivity contribution in [3.8, 4) is 0 Å². The minimum atomic E-state index is -0.344. The second-order valence-corrected chi connectivity index (χ2v) is 5.58. The Balaban J connectivity index is 2.05. The quantitative estimate of drug-likeness (QED) is 0.859. The van der Waals surface area contributed by atoms with Crippen LogP contribution in [0.5, 0.6) is 0 Å². The van der Waals surface area contributed by atoms with Gasteiger partial charge in [-0.05, 0) is 37.8 Å². The first-order valence-corrected chi connectivity index (χ1v) is 7.21. The molecular formula is C15H21N3O3. The van der Waals surface area contributed by atoms with Crippen molar-refractivity contribution in [2.75, 3.05) is 19.6 Å². The first-order chi connectivity index (χ1) is 9.97. The van der Waals surface area contributed by atoms with Gasteiger partial charge in [-0.2, -0.15) is 0 Å². The van der Waals surface area contributed by atoms with Gasteiger partial charge in [-0.1, -0.05) is 0 Å². The van der Waals surface area contributed by atoms with E-state index in [-0.39, 0.29) is 28.9 Å². The predicted molar refractivity (Wildman–Crippen MR) is 79.1 cm³/mol. The fourth-order valence-electron chi connectivity index (χ4n) is 2.62. The van der Waals surface area contributed by atoms with Crippen LogP contribution in [0.2, 0.25) is 0 Å². The Hall–Kier alpha value is -2.11. The Bertz CT molecular complexity index is 594. The number of pyridine rings is 1. The van der Waals surface area contributed by atoms with Crippen LogP contribution in [0, 0.1) is 12.8 Å². The van der Waals surface area contributed by atoms with Gasteiger partial charge in [-0.25, -0.2) is 0 Å². The third-order valence-electron chi connectivity index (χ3n) is 3.73. The molecule has 2 amide bonds. The predicted octanol–water partition coefficient (Wildman–Crippen LogP) is 0.672. The summed E-state index contributed by atoms with van der Waals surface area (Å²) in [6.45, 7) is 5.07. The minimum Gasteiger partial charge on any atom is -0.356 e. The van der Waals surface area contributed by atoms with Gasteiger partial charge in [-0.3, -0.25) is 14.4 Å². The van der Waals surface area contributed by atoms with E-state index in [9.17, 15) is 14.4 Å². The maximum absolute atomic E-state index is 12.4. The Labute approximate surface area is 123 Å². The Kier molecular flexibility index (Phi) is 4.77. The molecule has 0 saturated carbocycles. The first-order valence-electron chi connectivity index (χ1n) is 7.21. The van der Waals surface area contributed by atoms with E-state index in [4.69, 9.17) is 0 Å². The zero-order valence-corrected chi connectivity index (χ0v) is 12.4. The second kappa shape index (κ2) is 6.56. The van der Waals surface area contributed by atoms with Crippen LogP contribution < -0.4 is 10.9 Å². The van der Waals surface area contributed by atoms with Gasteiger partial charge in [0.25, 0.3) is 11.5 Å². The lowest BCUT2D eigenvalue weighted by molar-refractivity contribution is -0.119. The third-order valence-corrected chi connectivity index (χ3v) is 3.73. The number of carbonyl (C=O) groups excluding carboxylic acids is 2. The zero-order valence-electron chi connectivity index (χ0n) is 12.4. The topological polar surface area (TPSA) is 82.3 Å². The van der Waals surface area contributed by atoms with Crippen LogP contribution in [-0.4, -0.2) is 41.3 Å². The van der Waals surface area contributed by atoms with Crippen molar-refractivity contribution in [3.05, 3.63) is 33.7 Å². The fourth-order valence-corrected chi connectivity index (χ4v) is 2.62. The molecule has 0 radical (unpaired) electrons. The molecule has 1 atom stereocenters.